The van der Waals surface area contributed by atoms with Crippen LogP contribution in [0.25, 0.3) is 10.1 Å². The van der Waals surface area contributed by atoms with Crippen molar-refractivity contribution in [1.82, 2.24) is 0 Å². The first-order valence-corrected chi connectivity index (χ1v) is 7.97. The van der Waals surface area contributed by atoms with Crippen molar-refractivity contribution in [2.45, 2.75) is 13.5 Å². The van der Waals surface area contributed by atoms with E-state index in [0.717, 1.165) is 11.3 Å². The number of nitrogens with one attached hydrogen (secondary N) is 1. The van der Waals surface area contributed by atoms with E-state index >= 15 is 0 Å². The number of thiophene rings is 1. The molecule has 0 saturated carbocycles. The molecule has 0 fully saturated rings. The fourth-order valence-corrected chi connectivity index (χ4v) is 3.62. The van der Waals surface area contributed by atoms with E-state index in [4.69, 9.17) is 0 Å². The highest BCUT2D eigenvalue weighted by Gasteiger charge is 2.07. The molecule has 0 atom stereocenters. The Bertz CT molecular complexity index is 766. The Balaban J connectivity index is 1.85. The van der Waals surface area contributed by atoms with Gasteiger partial charge in [-0.15, -0.1) is 11.3 Å². The molecular weight excluding hydrogens is 337 g/mol. The fourth-order valence-electron chi connectivity index (χ4n) is 2.20. The lowest BCUT2D eigenvalue weighted by atomic mass is 10.1. The van der Waals surface area contributed by atoms with Gasteiger partial charge in [-0.1, -0.05) is 18.2 Å². The number of aryl methyl sites for hydroxylation is 1. The maximum atomic E-state index is 13.6. The van der Waals surface area contributed by atoms with E-state index in [9.17, 15) is 4.39 Å². The van der Waals surface area contributed by atoms with Crippen molar-refractivity contribution < 1.29 is 4.39 Å². The minimum Gasteiger partial charge on any atom is -0.381 e. The summed E-state index contributed by atoms with van der Waals surface area (Å²) in [5.74, 6) is -0.242. The van der Waals surface area contributed by atoms with Crippen molar-refractivity contribution in [3.63, 3.8) is 0 Å². The lowest BCUT2D eigenvalue weighted by Crippen LogP contribution is -2.01. The molecule has 1 N–H and O–H groups in total. The predicted molar refractivity (Wildman–Crippen MR) is 88.0 cm³/mol. The standard InChI is InChI=1S/C16H13BrFNS/c1-10-6-13(17)14(18)7-15(10)19-8-11-9-20-16-5-3-2-4-12(11)16/h2-7,9,19H,8H2,1H3. The average Bonchev–Trinajstić information content (AvgIpc) is 2.85. The van der Waals surface area contributed by atoms with Gasteiger partial charge in [-0.3, -0.25) is 0 Å². The average molecular weight is 350 g/mol. The van der Waals surface area contributed by atoms with Crippen LogP contribution in [0.15, 0.2) is 46.3 Å². The third-order valence-corrected chi connectivity index (χ3v) is 4.92. The zero-order chi connectivity index (χ0) is 14.1. The zero-order valence-corrected chi connectivity index (χ0v) is 13.3. The van der Waals surface area contributed by atoms with E-state index in [1.54, 1.807) is 17.4 Å². The molecular formula is C16H13BrFNS. The molecule has 102 valence electrons. The molecule has 0 aliphatic carbocycles. The summed E-state index contributed by atoms with van der Waals surface area (Å²) in [5.41, 5.74) is 3.10. The molecule has 0 aliphatic heterocycles. The third-order valence-electron chi connectivity index (χ3n) is 3.30. The molecule has 1 aromatic heterocycles. The van der Waals surface area contributed by atoms with Gasteiger partial charge in [-0.25, -0.2) is 4.39 Å². The summed E-state index contributed by atoms with van der Waals surface area (Å²) in [6, 6.07) is 11.7. The Labute approximate surface area is 129 Å². The summed E-state index contributed by atoms with van der Waals surface area (Å²) in [6.07, 6.45) is 0. The first-order valence-electron chi connectivity index (χ1n) is 6.30. The van der Waals surface area contributed by atoms with E-state index in [1.165, 1.54) is 21.7 Å². The number of fused-ring (bicyclic) bond motifs is 1. The number of rotatable bonds is 3. The van der Waals surface area contributed by atoms with Crippen LogP contribution in [0.5, 0.6) is 0 Å². The van der Waals surface area contributed by atoms with E-state index < -0.39 is 0 Å². The molecule has 2 aromatic carbocycles. The quantitative estimate of drug-likeness (QED) is 0.637. The van der Waals surface area contributed by atoms with Crippen LogP contribution in [0.3, 0.4) is 0 Å². The molecule has 0 aliphatic rings. The van der Waals surface area contributed by atoms with Crippen molar-refractivity contribution in [3.05, 3.63) is 63.2 Å². The highest BCUT2D eigenvalue weighted by molar-refractivity contribution is 9.10. The fraction of sp³-hybridized carbons (Fsp3) is 0.125. The highest BCUT2D eigenvalue weighted by Crippen LogP contribution is 2.28. The van der Waals surface area contributed by atoms with Gasteiger partial charge in [-0.05, 0) is 62.9 Å². The number of hydrogen-bond donors (Lipinski definition) is 1. The van der Waals surface area contributed by atoms with Crippen molar-refractivity contribution in [2.75, 3.05) is 5.32 Å². The maximum Gasteiger partial charge on any atom is 0.139 e. The molecule has 0 amide bonds. The summed E-state index contributed by atoms with van der Waals surface area (Å²) in [5, 5.41) is 6.74. The summed E-state index contributed by atoms with van der Waals surface area (Å²) in [7, 11) is 0. The van der Waals surface area contributed by atoms with Crippen LogP contribution in [-0.4, -0.2) is 0 Å². The second-order valence-electron chi connectivity index (χ2n) is 4.69. The molecule has 1 heterocycles. The lowest BCUT2D eigenvalue weighted by Gasteiger charge is -2.10. The summed E-state index contributed by atoms with van der Waals surface area (Å²) in [6.45, 7) is 2.67. The van der Waals surface area contributed by atoms with Crippen LogP contribution < -0.4 is 5.32 Å². The van der Waals surface area contributed by atoms with E-state index in [2.05, 4.69) is 38.8 Å². The Hall–Kier alpha value is -1.39. The normalized spacial score (nSPS) is 10.9. The molecule has 4 heteroatoms. The summed E-state index contributed by atoms with van der Waals surface area (Å²) < 4.78 is 15.4. The van der Waals surface area contributed by atoms with Gasteiger partial charge < -0.3 is 5.32 Å². The van der Waals surface area contributed by atoms with Gasteiger partial charge in [0.05, 0.1) is 4.47 Å². The van der Waals surface area contributed by atoms with E-state index in [1.807, 2.05) is 19.1 Å². The number of hydrogen-bond acceptors (Lipinski definition) is 2. The minimum atomic E-state index is -0.242. The molecule has 3 rings (SSSR count). The summed E-state index contributed by atoms with van der Waals surface area (Å²) >= 11 is 4.94. The Morgan fingerprint density at radius 3 is 2.90 bits per heavy atom. The first-order chi connectivity index (χ1) is 9.65. The van der Waals surface area contributed by atoms with Gasteiger partial charge >= 0.3 is 0 Å². The molecule has 3 aromatic rings. The van der Waals surface area contributed by atoms with E-state index in [-0.39, 0.29) is 5.82 Å². The van der Waals surface area contributed by atoms with Gasteiger partial charge in [0.2, 0.25) is 0 Å². The molecule has 0 radical (unpaired) electrons. The van der Waals surface area contributed by atoms with Crippen LogP contribution in [0.2, 0.25) is 0 Å². The monoisotopic (exact) mass is 349 g/mol. The molecule has 0 bridgehead atoms. The predicted octanol–water partition coefficient (Wildman–Crippen LogP) is 5.72. The Kier molecular flexibility index (Phi) is 3.76. The molecule has 1 nitrogen and oxygen atoms in total. The third kappa shape index (κ3) is 2.58. The van der Waals surface area contributed by atoms with Crippen molar-refractivity contribution >= 4 is 43.0 Å². The minimum absolute atomic E-state index is 0.242. The topological polar surface area (TPSA) is 12.0 Å². The molecule has 0 spiro atoms. The molecule has 20 heavy (non-hydrogen) atoms. The van der Waals surface area contributed by atoms with Gasteiger partial charge in [-0.2, -0.15) is 0 Å². The second kappa shape index (κ2) is 5.54. The maximum absolute atomic E-state index is 13.6. The van der Waals surface area contributed by atoms with Gasteiger partial charge in [0.15, 0.2) is 0 Å². The van der Waals surface area contributed by atoms with Crippen LogP contribution in [0, 0.1) is 12.7 Å². The Morgan fingerprint density at radius 2 is 2.05 bits per heavy atom. The first kappa shape index (κ1) is 13.6. The highest BCUT2D eigenvalue weighted by atomic mass is 79.9. The lowest BCUT2D eigenvalue weighted by molar-refractivity contribution is 0.621. The largest absolute Gasteiger partial charge is 0.381 e. The number of benzene rings is 2. The van der Waals surface area contributed by atoms with Crippen LogP contribution >= 0.6 is 27.3 Å². The zero-order valence-electron chi connectivity index (χ0n) is 10.9. The smallest absolute Gasteiger partial charge is 0.139 e. The van der Waals surface area contributed by atoms with Crippen molar-refractivity contribution in [3.8, 4) is 0 Å². The molecule has 0 saturated heterocycles. The molecule has 0 unspecified atom stereocenters. The van der Waals surface area contributed by atoms with Gasteiger partial charge in [0.1, 0.15) is 5.82 Å². The Morgan fingerprint density at radius 1 is 1.25 bits per heavy atom. The van der Waals surface area contributed by atoms with Gasteiger partial charge in [0.25, 0.3) is 0 Å². The van der Waals surface area contributed by atoms with Gasteiger partial charge in [0, 0.05) is 16.9 Å². The van der Waals surface area contributed by atoms with Crippen LogP contribution in [0.4, 0.5) is 10.1 Å². The van der Waals surface area contributed by atoms with Crippen molar-refractivity contribution in [2.24, 2.45) is 0 Å². The SMILES string of the molecule is Cc1cc(Br)c(F)cc1NCc1csc2ccccc12. The number of halogens is 2. The van der Waals surface area contributed by atoms with E-state index in [0.29, 0.717) is 11.0 Å². The van der Waals surface area contributed by atoms with Crippen LogP contribution in [-0.2, 0) is 6.54 Å². The number of anilines is 1. The van der Waals surface area contributed by atoms with Crippen LogP contribution in [0.1, 0.15) is 11.1 Å². The van der Waals surface area contributed by atoms with Crippen molar-refractivity contribution in [1.29, 1.82) is 0 Å². The second-order valence-corrected chi connectivity index (χ2v) is 6.46. The summed E-state index contributed by atoms with van der Waals surface area (Å²) in [4.78, 5) is 0.